The number of nitrogens with one attached hydrogen (secondary N) is 1. The van der Waals surface area contributed by atoms with Gasteiger partial charge in [-0.1, -0.05) is 30.3 Å². The van der Waals surface area contributed by atoms with E-state index < -0.39 is 12.0 Å². The fourth-order valence-corrected chi connectivity index (χ4v) is 1.46. The molecule has 0 radical (unpaired) electrons. The maximum atomic E-state index is 11.6. The number of carbonyl (C=O) groups is 2. The lowest BCUT2D eigenvalue weighted by Crippen LogP contribution is -2.44. The number of amides is 1. The van der Waals surface area contributed by atoms with Crippen LogP contribution in [0.3, 0.4) is 0 Å². The van der Waals surface area contributed by atoms with E-state index in [2.05, 4.69) is 5.32 Å². The Bertz CT molecular complexity index is 398. The zero-order chi connectivity index (χ0) is 13.4. The number of ether oxygens (including phenoxy) is 1. The molecule has 0 heterocycles. The minimum Gasteiger partial charge on any atom is -0.465 e. The number of rotatable bonds is 6. The molecule has 0 aliphatic rings. The molecule has 1 atom stereocenters. The van der Waals surface area contributed by atoms with Crippen LogP contribution >= 0.6 is 12.4 Å². The largest absolute Gasteiger partial charge is 0.465 e. The molecule has 0 fully saturated rings. The minimum atomic E-state index is -0.665. The molecule has 0 unspecified atom stereocenters. The molecule has 0 aliphatic carbocycles. The Labute approximate surface area is 118 Å². The molecule has 1 amide bonds. The molecule has 1 rings (SSSR count). The highest BCUT2D eigenvalue weighted by Crippen LogP contribution is 2.01. The van der Waals surface area contributed by atoms with E-state index in [9.17, 15) is 9.59 Å². The molecular formula is C13H19ClN2O3. The number of halogens is 1. The van der Waals surface area contributed by atoms with E-state index >= 15 is 0 Å². The summed E-state index contributed by atoms with van der Waals surface area (Å²) in [6, 6.07) is 8.81. The second-order valence-electron chi connectivity index (χ2n) is 3.82. The quantitative estimate of drug-likeness (QED) is 0.753. The standard InChI is InChI=1S/C13H18N2O3.ClH/c1-2-18-12(16)9-15-13(17)11(14)8-10-6-4-3-5-7-10;/h3-7,11H,2,8-9,14H2,1H3,(H,15,17);1H/t11-;/m0./s1. The number of hydrogen-bond donors (Lipinski definition) is 2. The third kappa shape index (κ3) is 6.79. The van der Waals surface area contributed by atoms with Crippen molar-refractivity contribution in [2.24, 2.45) is 5.73 Å². The second kappa shape index (κ2) is 9.35. The molecule has 1 aromatic carbocycles. The minimum absolute atomic E-state index is 0. The van der Waals surface area contributed by atoms with Gasteiger partial charge in [0.2, 0.25) is 5.91 Å². The van der Waals surface area contributed by atoms with Crippen LogP contribution in [0.5, 0.6) is 0 Å². The van der Waals surface area contributed by atoms with Crippen LogP contribution in [-0.2, 0) is 20.7 Å². The third-order valence-electron chi connectivity index (χ3n) is 2.35. The van der Waals surface area contributed by atoms with Gasteiger partial charge < -0.3 is 15.8 Å². The lowest BCUT2D eigenvalue weighted by molar-refractivity contribution is -0.143. The lowest BCUT2D eigenvalue weighted by atomic mass is 10.1. The number of hydrogen-bond acceptors (Lipinski definition) is 4. The molecule has 0 aliphatic heterocycles. The van der Waals surface area contributed by atoms with Crippen LogP contribution in [0.15, 0.2) is 30.3 Å². The van der Waals surface area contributed by atoms with Gasteiger partial charge in [-0.2, -0.15) is 0 Å². The smallest absolute Gasteiger partial charge is 0.325 e. The van der Waals surface area contributed by atoms with Crippen molar-refractivity contribution in [1.29, 1.82) is 0 Å². The van der Waals surface area contributed by atoms with Gasteiger partial charge in [-0.3, -0.25) is 9.59 Å². The molecular weight excluding hydrogens is 268 g/mol. The number of nitrogens with two attached hydrogens (primary N) is 1. The maximum Gasteiger partial charge on any atom is 0.325 e. The predicted molar refractivity (Wildman–Crippen MR) is 75.0 cm³/mol. The topological polar surface area (TPSA) is 81.4 Å². The Hall–Kier alpha value is -1.59. The average Bonchev–Trinajstić information content (AvgIpc) is 2.37. The molecule has 19 heavy (non-hydrogen) atoms. The fraction of sp³-hybridized carbons (Fsp3) is 0.385. The first-order valence-corrected chi connectivity index (χ1v) is 5.86. The summed E-state index contributed by atoms with van der Waals surface area (Å²) in [5, 5.41) is 2.45. The molecule has 5 nitrogen and oxygen atoms in total. The van der Waals surface area contributed by atoms with Crippen LogP contribution in [0.25, 0.3) is 0 Å². The van der Waals surface area contributed by atoms with E-state index in [1.807, 2.05) is 30.3 Å². The summed E-state index contributed by atoms with van der Waals surface area (Å²) < 4.78 is 4.70. The summed E-state index contributed by atoms with van der Waals surface area (Å²) in [7, 11) is 0. The SMILES string of the molecule is CCOC(=O)CNC(=O)[C@@H](N)Cc1ccccc1.Cl. The van der Waals surface area contributed by atoms with E-state index in [0.717, 1.165) is 5.56 Å². The van der Waals surface area contributed by atoms with Crippen molar-refractivity contribution >= 4 is 24.3 Å². The van der Waals surface area contributed by atoms with Gasteiger partial charge in [0.25, 0.3) is 0 Å². The third-order valence-corrected chi connectivity index (χ3v) is 2.35. The summed E-state index contributed by atoms with van der Waals surface area (Å²) in [5.74, 6) is -0.815. The van der Waals surface area contributed by atoms with Crippen molar-refractivity contribution in [3.63, 3.8) is 0 Å². The van der Waals surface area contributed by atoms with Crippen LogP contribution in [0.2, 0.25) is 0 Å². The van der Waals surface area contributed by atoms with Gasteiger partial charge in [-0.15, -0.1) is 12.4 Å². The summed E-state index contributed by atoms with van der Waals surface area (Å²) in [5.41, 5.74) is 6.73. The van der Waals surface area contributed by atoms with Crippen LogP contribution in [0.4, 0.5) is 0 Å². The van der Waals surface area contributed by atoms with Gasteiger partial charge >= 0.3 is 5.97 Å². The highest BCUT2D eigenvalue weighted by atomic mass is 35.5. The molecule has 106 valence electrons. The zero-order valence-corrected chi connectivity index (χ0v) is 11.6. The van der Waals surface area contributed by atoms with Crippen LogP contribution in [0.1, 0.15) is 12.5 Å². The molecule has 3 N–H and O–H groups in total. The Morgan fingerprint density at radius 3 is 2.53 bits per heavy atom. The van der Waals surface area contributed by atoms with E-state index in [1.54, 1.807) is 6.92 Å². The molecule has 0 spiro atoms. The highest BCUT2D eigenvalue weighted by Gasteiger charge is 2.14. The summed E-state index contributed by atoms with van der Waals surface area (Å²) >= 11 is 0. The lowest BCUT2D eigenvalue weighted by Gasteiger charge is -2.11. The summed E-state index contributed by atoms with van der Waals surface area (Å²) in [6.45, 7) is 1.86. The maximum absolute atomic E-state index is 11.6. The molecule has 0 saturated carbocycles. The van der Waals surface area contributed by atoms with Crippen molar-refractivity contribution < 1.29 is 14.3 Å². The van der Waals surface area contributed by atoms with E-state index in [0.29, 0.717) is 13.0 Å². The monoisotopic (exact) mass is 286 g/mol. The van der Waals surface area contributed by atoms with Crippen molar-refractivity contribution in [3.8, 4) is 0 Å². The first-order chi connectivity index (χ1) is 8.63. The first kappa shape index (κ1) is 17.4. The van der Waals surface area contributed by atoms with Gasteiger partial charge in [0.1, 0.15) is 6.54 Å². The Kier molecular flexibility index (Phi) is 8.57. The average molecular weight is 287 g/mol. The Morgan fingerprint density at radius 2 is 1.95 bits per heavy atom. The Balaban J connectivity index is 0.00000324. The zero-order valence-electron chi connectivity index (χ0n) is 10.8. The number of esters is 1. The molecule has 1 aromatic rings. The Morgan fingerprint density at radius 1 is 1.32 bits per heavy atom. The van der Waals surface area contributed by atoms with Gasteiger partial charge in [-0.05, 0) is 18.9 Å². The van der Waals surface area contributed by atoms with Crippen molar-refractivity contribution in [2.75, 3.05) is 13.2 Å². The van der Waals surface area contributed by atoms with Gasteiger partial charge in [0.15, 0.2) is 0 Å². The van der Waals surface area contributed by atoms with Crippen LogP contribution in [0, 0.1) is 0 Å². The van der Waals surface area contributed by atoms with Crippen molar-refractivity contribution in [2.45, 2.75) is 19.4 Å². The first-order valence-electron chi connectivity index (χ1n) is 5.86. The van der Waals surface area contributed by atoms with E-state index in [4.69, 9.17) is 10.5 Å². The van der Waals surface area contributed by atoms with Crippen molar-refractivity contribution in [1.82, 2.24) is 5.32 Å². The molecule has 0 aromatic heterocycles. The van der Waals surface area contributed by atoms with Crippen molar-refractivity contribution in [3.05, 3.63) is 35.9 Å². The normalized spacial score (nSPS) is 11.1. The molecule has 6 heteroatoms. The predicted octanol–water partition coefficient (Wildman–Crippen LogP) is 0.658. The molecule has 0 bridgehead atoms. The number of benzene rings is 1. The second-order valence-corrected chi connectivity index (χ2v) is 3.82. The van der Waals surface area contributed by atoms with E-state index in [1.165, 1.54) is 0 Å². The highest BCUT2D eigenvalue weighted by molar-refractivity contribution is 5.86. The van der Waals surface area contributed by atoms with Gasteiger partial charge in [0, 0.05) is 0 Å². The van der Waals surface area contributed by atoms with Crippen LogP contribution in [-0.4, -0.2) is 31.1 Å². The fourth-order valence-electron chi connectivity index (χ4n) is 1.46. The van der Waals surface area contributed by atoms with Crippen LogP contribution < -0.4 is 11.1 Å². The summed E-state index contributed by atoms with van der Waals surface area (Å²) in [6.07, 6.45) is 0.440. The van der Waals surface area contributed by atoms with E-state index in [-0.39, 0.29) is 24.9 Å². The van der Waals surface area contributed by atoms with Gasteiger partial charge in [0.05, 0.1) is 12.6 Å². The summed E-state index contributed by atoms with van der Waals surface area (Å²) in [4.78, 5) is 22.7. The number of carbonyl (C=O) groups excluding carboxylic acids is 2. The molecule has 0 saturated heterocycles. The van der Waals surface area contributed by atoms with Gasteiger partial charge in [-0.25, -0.2) is 0 Å².